The molecule has 2 aromatic carbocycles. The van der Waals surface area contributed by atoms with Crippen molar-refractivity contribution in [1.29, 1.82) is 5.26 Å². The molecule has 0 heterocycles. The maximum Gasteiger partial charge on any atom is 0.148 e. The number of hydrogen-bond acceptors (Lipinski definition) is 3. The summed E-state index contributed by atoms with van der Waals surface area (Å²) < 4.78 is 11.2. The first-order valence-corrected chi connectivity index (χ1v) is 6.69. The van der Waals surface area contributed by atoms with Crippen molar-refractivity contribution in [2.24, 2.45) is 0 Å². The van der Waals surface area contributed by atoms with E-state index < -0.39 is 0 Å². The first-order valence-electron chi connectivity index (χ1n) is 6.69. The van der Waals surface area contributed by atoms with Crippen LogP contribution in [0.25, 0.3) is 11.1 Å². The van der Waals surface area contributed by atoms with Crippen LogP contribution in [-0.4, -0.2) is 13.2 Å². The predicted octanol–water partition coefficient (Wildman–Crippen LogP) is 4.02. The van der Waals surface area contributed by atoms with E-state index in [-0.39, 0.29) is 0 Å². The van der Waals surface area contributed by atoms with Crippen molar-refractivity contribution in [1.82, 2.24) is 0 Å². The van der Waals surface area contributed by atoms with Gasteiger partial charge < -0.3 is 9.47 Å². The summed E-state index contributed by atoms with van der Waals surface area (Å²) in [6.45, 7) is 4.82. The van der Waals surface area contributed by atoms with Gasteiger partial charge in [0.05, 0.1) is 13.2 Å². The molecule has 0 amide bonds. The summed E-state index contributed by atoms with van der Waals surface area (Å²) in [6.07, 6.45) is 0. The van der Waals surface area contributed by atoms with Gasteiger partial charge in [0.2, 0.25) is 0 Å². The number of rotatable bonds is 5. The molecule has 0 unspecified atom stereocenters. The molecular weight excluding hydrogens is 250 g/mol. The van der Waals surface area contributed by atoms with Gasteiger partial charge in [0, 0.05) is 5.56 Å². The van der Waals surface area contributed by atoms with Crippen LogP contribution in [0.1, 0.15) is 19.4 Å². The van der Waals surface area contributed by atoms with E-state index in [1.807, 2.05) is 56.3 Å². The van der Waals surface area contributed by atoms with Gasteiger partial charge in [-0.25, -0.2) is 0 Å². The van der Waals surface area contributed by atoms with E-state index in [4.69, 9.17) is 9.47 Å². The van der Waals surface area contributed by atoms with Crippen LogP contribution in [0, 0.1) is 11.3 Å². The fourth-order valence-electron chi connectivity index (χ4n) is 2.09. The Morgan fingerprint density at radius 3 is 2.25 bits per heavy atom. The lowest BCUT2D eigenvalue weighted by atomic mass is 10.0. The molecule has 20 heavy (non-hydrogen) atoms. The lowest BCUT2D eigenvalue weighted by Gasteiger charge is -2.15. The summed E-state index contributed by atoms with van der Waals surface area (Å²) in [6, 6.07) is 15.8. The van der Waals surface area contributed by atoms with Gasteiger partial charge >= 0.3 is 0 Å². The van der Waals surface area contributed by atoms with E-state index in [9.17, 15) is 5.26 Å². The quantitative estimate of drug-likeness (QED) is 0.821. The Bertz CT molecular complexity index is 615. The maximum absolute atomic E-state index is 9.41. The fraction of sp³-hybridized carbons (Fsp3) is 0.235. The molecular formula is C17H17NO2. The molecule has 0 saturated heterocycles. The van der Waals surface area contributed by atoms with E-state index >= 15 is 0 Å². The zero-order valence-electron chi connectivity index (χ0n) is 11.7. The van der Waals surface area contributed by atoms with Crippen LogP contribution < -0.4 is 9.47 Å². The van der Waals surface area contributed by atoms with Crippen molar-refractivity contribution < 1.29 is 9.47 Å². The Kier molecular flexibility index (Phi) is 4.62. The summed E-state index contributed by atoms with van der Waals surface area (Å²) in [4.78, 5) is 0. The van der Waals surface area contributed by atoms with Crippen molar-refractivity contribution in [2.45, 2.75) is 13.8 Å². The van der Waals surface area contributed by atoms with Crippen molar-refractivity contribution in [3.05, 3.63) is 48.0 Å². The molecule has 0 saturated carbocycles. The van der Waals surface area contributed by atoms with Crippen LogP contribution in [0.4, 0.5) is 0 Å². The first kappa shape index (κ1) is 14.0. The van der Waals surface area contributed by atoms with Crippen LogP contribution in [0.2, 0.25) is 0 Å². The molecule has 3 heteroatoms. The molecule has 102 valence electrons. The van der Waals surface area contributed by atoms with Crippen LogP contribution in [-0.2, 0) is 0 Å². The van der Waals surface area contributed by atoms with Gasteiger partial charge in [0.15, 0.2) is 0 Å². The van der Waals surface area contributed by atoms with Gasteiger partial charge in [0.1, 0.15) is 23.1 Å². The second-order valence-corrected chi connectivity index (χ2v) is 4.16. The molecule has 2 aromatic rings. The highest BCUT2D eigenvalue weighted by molar-refractivity contribution is 5.76. The Hall–Kier alpha value is -2.47. The van der Waals surface area contributed by atoms with Gasteiger partial charge in [-0.15, -0.1) is 0 Å². The molecule has 0 aromatic heterocycles. The highest BCUT2D eigenvalue weighted by atomic mass is 16.5. The molecule has 0 radical (unpaired) electrons. The van der Waals surface area contributed by atoms with Crippen LogP contribution in [0.5, 0.6) is 11.5 Å². The Morgan fingerprint density at radius 2 is 1.65 bits per heavy atom. The highest BCUT2D eigenvalue weighted by Gasteiger charge is 2.16. The van der Waals surface area contributed by atoms with Gasteiger partial charge in [-0.3, -0.25) is 0 Å². The van der Waals surface area contributed by atoms with E-state index in [2.05, 4.69) is 6.07 Å². The van der Waals surface area contributed by atoms with Crippen LogP contribution in [0.3, 0.4) is 0 Å². The van der Waals surface area contributed by atoms with Gasteiger partial charge in [-0.1, -0.05) is 30.3 Å². The highest BCUT2D eigenvalue weighted by Crippen LogP contribution is 2.38. The zero-order valence-corrected chi connectivity index (χ0v) is 11.7. The standard InChI is InChI=1S/C17H17NO2/c1-3-19-16-11-10-14(13-8-6-5-7-9-13)17(20-4-2)15(16)12-18/h5-11H,3-4H2,1-2H3. The molecule has 3 nitrogen and oxygen atoms in total. The molecule has 0 N–H and O–H groups in total. The monoisotopic (exact) mass is 267 g/mol. The Balaban J connectivity index is 2.61. The summed E-state index contributed by atoms with van der Waals surface area (Å²) >= 11 is 0. The third-order valence-corrected chi connectivity index (χ3v) is 2.90. The van der Waals surface area contributed by atoms with Crippen molar-refractivity contribution in [2.75, 3.05) is 13.2 Å². The minimum absolute atomic E-state index is 0.454. The van der Waals surface area contributed by atoms with E-state index in [0.29, 0.717) is 30.3 Å². The smallest absolute Gasteiger partial charge is 0.148 e. The summed E-state index contributed by atoms with van der Waals surface area (Å²) in [5.41, 5.74) is 2.39. The normalized spacial score (nSPS) is 9.85. The number of hydrogen-bond donors (Lipinski definition) is 0. The lowest BCUT2D eigenvalue weighted by Crippen LogP contribution is -2.01. The largest absolute Gasteiger partial charge is 0.492 e. The fourth-order valence-corrected chi connectivity index (χ4v) is 2.09. The van der Waals surface area contributed by atoms with Crippen molar-refractivity contribution >= 4 is 0 Å². The third-order valence-electron chi connectivity index (χ3n) is 2.90. The molecule has 0 aliphatic heterocycles. The Labute approximate surface area is 119 Å². The SMILES string of the molecule is CCOc1ccc(-c2ccccc2)c(OCC)c1C#N. The third kappa shape index (κ3) is 2.75. The summed E-state index contributed by atoms with van der Waals surface area (Å²) in [5.74, 6) is 1.16. The van der Waals surface area contributed by atoms with Crippen LogP contribution >= 0.6 is 0 Å². The molecule has 0 aliphatic rings. The van der Waals surface area contributed by atoms with E-state index in [1.54, 1.807) is 0 Å². The molecule has 0 bridgehead atoms. The molecule has 0 spiro atoms. The lowest BCUT2D eigenvalue weighted by molar-refractivity contribution is 0.322. The van der Waals surface area contributed by atoms with Gasteiger partial charge in [-0.05, 0) is 31.5 Å². The minimum Gasteiger partial charge on any atom is -0.492 e. The topological polar surface area (TPSA) is 42.2 Å². The van der Waals surface area contributed by atoms with Crippen molar-refractivity contribution in [3.8, 4) is 28.7 Å². The van der Waals surface area contributed by atoms with Crippen molar-refractivity contribution in [3.63, 3.8) is 0 Å². The first-order chi connectivity index (χ1) is 9.81. The number of benzene rings is 2. The Morgan fingerprint density at radius 1 is 0.950 bits per heavy atom. The van der Waals surface area contributed by atoms with Gasteiger partial charge in [0.25, 0.3) is 0 Å². The second-order valence-electron chi connectivity index (χ2n) is 4.16. The second kappa shape index (κ2) is 6.63. The number of ether oxygens (including phenoxy) is 2. The molecule has 0 aliphatic carbocycles. The average Bonchev–Trinajstić information content (AvgIpc) is 2.49. The van der Waals surface area contributed by atoms with E-state index in [0.717, 1.165) is 11.1 Å². The number of nitrogens with zero attached hydrogens (tertiary/aromatic N) is 1. The zero-order chi connectivity index (χ0) is 14.4. The molecule has 0 fully saturated rings. The van der Waals surface area contributed by atoms with Crippen LogP contribution in [0.15, 0.2) is 42.5 Å². The minimum atomic E-state index is 0.454. The average molecular weight is 267 g/mol. The summed E-state index contributed by atoms with van der Waals surface area (Å²) in [5, 5.41) is 9.41. The number of nitriles is 1. The predicted molar refractivity (Wildman–Crippen MR) is 78.9 cm³/mol. The maximum atomic E-state index is 9.41. The molecule has 0 atom stereocenters. The summed E-state index contributed by atoms with van der Waals surface area (Å²) in [7, 11) is 0. The molecule has 2 rings (SSSR count). The van der Waals surface area contributed by atoms with Gasteiger partial charge in [-0.2, -0.15) is 5.26 Å². The van der Waals surface area contributed by atoms with E-state index in [1.165, 1.54) is 0 Å².